The summed E-state index contributed by atoms with van der Waals surface area (Å²) in [6.07, 6.45) is 4.62. The van der Waals surface area contributed by atoms with Gasteiger partial charge in [-0.25, -0.2) is 9.97 Å². The SMILES string of the molecule is O=C(Nc1ccc(-c2[nH]nc3ncnc(Nc4cccc(Cl)c4)c23)cc1)c1ccncc1. The highest BCUT2D eigenvalue weighted by atomic mass is 35.5. The van der Waals surface area contributed by atoms with Crippen LogP contribution in [-0.2, 0) is 0 Å². The minimum atomic E-state index is -0.200. The first kappa shape index (κ1) is 19.7. The molecule has 0 unspecified atom stereocenters. The van der Waals surface area contributed by atoms with Crippen molar-refractivity contribution >= 4 is 45.7 Å². The van der Waals surface area contributed by atoms with Crippen LogP contribution in [0.25, 0.3) is 22.3 Å². The zero-order valence-electron chi connectivity index (χ0n) is 16.6. The second-order valence-electron chi connectivity index (χ2n) is 6.92. The second kappa shape index (κ2) is 8.44. The molecule has 9 heteroatoms. The van der Waals surface area contributed by atoms with Crippen molar-refractivity contribution in [1.82, 2.24) is 25.1 Å². The smallest absolute Gasteiger partial charge is 0.255 e. The second-order valence-corrected chi connectivity index (χ2v) is 7.36. The molecule has 0 fully saturated rings. The summed E-state index contributed by atoms with van der Waals surface area (Å²) in [5, 5.41) is 14.9. The molecule has 0 saturated heterocycles. The van der Waals surface area contributed by atoms with Gasteiger partial charge in [0.15, 0.2) is 5.65 Å². The van der Waals surface area contributed by atoms with Crippen LogP contribution in [0.15, 0.2) is 79.4 Å². The van der Waals surface area contributed by atoms with E-state index < -0.39 is 0 Å². The van der Waals surface area contributed by atoms with Gasteiger partial charge in [0, 0.05) is 39.9 Å². The number of anilines is 3. The summed E-state index contributed by atoms with van der Waals surface area (Å²) in [4.78, 5) is 24.9. The number of aromatic amines is 1. The predicted molar refractivity (Wildman–Crippen MR) is 124 cm³/mol. The Morgan fingerprint density at radius 3 is 2.53 bits per heavy atom. The summed E-state index contributed by atoms with van der Waals surface area (Å²) >= 11 is 6.10. The fraction of sp³-hybridized carbons (Fsp3) is 0. The molecule has 0 saturated carbocycles. The number of carbonyl (C=O) groups excluding carboxylic acids is 1. The van der Waals surface area contributed by atoms with Crippen LogP contribution in [0, 0.1) is 0 Å². The molecule has 2 aromatic carbocycles. The quantitative estimate of drug-likeness (QED) is 0.351. The third-order valence-corrected chi connectivity index (χ3v) is 5.05. The highest BCUT2D eigenvalue weighted by molar-refractivity contribution is 6.30. The Morgan fingerprint density at radius 1 is 0.938 bits per heavy atom. The van der Waals surface area contributed by atoms with Crippen LogP contribution < -0.4 is 10.6 Å². The minimum Gasteiger partial charge on any atom is -0.339 e. The maximum absolute atomic E-state index is 12.4. The molecule has 156 valence electrons. The van der Waals surface area contributed by atoms with Crippen LogP contribution in [0.4, 0.5) is 17.2 Å². The van der Waals surface area contributed by atoms with Gasteiger partial charge in [-0.1, -0.05) is 29.8 Å². The van der Waals surface area contributed by atoms with E-state index in [1.165, 1.54) is 6.33 Å². The standard InChI is InChI=1S/C23H16ClN7O/c24-16-2-1-3-18(12-16)28-21-19-20(30-31-22(19)27-13-26-21)14-4-6-17(7-5-14)29-23(32)15-8-10-25-11-9-15/h1-13H,(H,29,32)(H2,26,27,28,30,31). The number of carbonyl (C=O) groups is 1. The number of rotatable bonds is 5. The Kier molecular flexibility index (Phi) is 5.19. The number of pyridine rings is 1. The van der Waals surface area contributed by atoms with Gasteiger partial charge >= 0.3 is 0 Å². The minimum absolute atomic E-state index is 0.200. The Morgan fingerprint density at radius 2 is 1.75 bits per heavy atom. The van der Waals surface area contributed by atoms with Gasteiger partial charge in [0.1, 0.15) is 12.1 Å². The number of amides is 1. The van der Waals surface area contributed by atoms with Crippen molar-refractivity contribution in [1.29, 1.82) is 0 Å². The molecule has 0 aliphatic rings. The normalized spacial score (nSPS) is 10.8. The van der Waals surface area contributed by atoms with Crippen LogP contribution in [0.2, 0.25) is 5.02 Å². The summed E-state index contributed by atoms with van der Waals surface area (Å²) in [5.74, 6) is 0.407. The Bertz CT molecular complexity index is 1400. The fourth-order valence-corrected chi connectivity index (χ4v) is 3.48. The monoisotopic (exact) mass is 441 g/mol. The third-order valence-electron chi connectivity index (χ3n) is 4.81. The van der Waals surface area contributed by atoms with E-state index >= 15 is 0 Å². The number of nitrogens with one attached hydrogen (secondary N) is 3. The molecule has 8 nitrogen and oxygen atoms in total. The predicted octanol–water partition coefficient (Wildman–Crippen LogP) is 5.06. The molecule has 5 rings (SSSR count). The first-order chi connectivity index (χ1) is 15.7. The van der Waals surface area contributed by atoms with Gasteiger partial charge in [-0.2, -0.15) is 5.10 Å². The van der Waals surface area contributed by atoms with Crippen LogP contribution in [-0.4, -0.2) is 31.1 Å². The lowest BCUT2D eigenvalue weighted by molar-refractivity contribution is 0.102. The van der Waals surface area contributed by atoms with Crippen LogP contribution >= 0.6 is 11.6 Å². The lowest BCUT2D eigenvalue weighted by Gasteiger charge is -2.09. The topological polar surface area (TPSA) is 108 Å². The first-order valence-electron chi connectivity index (χ1n) is 9.71. The maximum atomic E-state index is 12.4. The van der Waals surface area contributed by atoms with Crippen LogP contribution in [0.5, 0.6) is 0 Å². The van der Waals surface area contributed by atoms with Gasteiger partial charge in [0.25, 0.3) is 5.91 Å². The van der Waals surface area contributed by atoms with Crippen molar-refractivity contribution in [2.75, 3.05) is 10.6 Å². The fourth-order valence-electron chi connectivity index (χ4n) is 3.29. The van der Waals surface area contributed by atoms with E-state index in [-0.39, 0.29) is 5.91 Å². The van der Waals surface area contributed by atoms with Crippen molar-refractivity contribution in [2.24, 2.45) is 0 Å². The van der Waals surface area contributed by atoms with Crippen LogP contribution in [0.3, 0.4) is 0 Å². The Labute approximate surface area is 187 Å². The maximum Gasteiger partial charge on any atom is 0.255 e. The van der Waals surface area contributed by atoms with Crippen molar-refractivity contribution in [3.05, 3.63) is 90.0 Å². The number of halogens is 1. The molecule has 32 heavy (non-hydrogen) atoms. The van der Waals surface area contributed by atoms with E-state index in [2.05, 4.69) is 35.8 Å². The first-order valence-corrected chi connectivity index (χ1v) is 10.1. The van der Waals surface area contributed by atoms with E-state index in [4.69, 9.17) is 11.6 Å². The largest absolute Gasteiger partial charge is 0.339 e. The van der Waals surface area contributed by atoms with Gasteiger partial charge in [0.05, 0.1) is 11.1 Å². The van der Waals surface area contributed by atoms with Gasteiger partial charge in [0.2, 0.25) is 0 Å². The van der Waals surface area contributed by atoms with Crippen LogP contribution in [0.1, 0.15) is 10.4 Å². The van der Waals surface area contributed by atoms with Gasteiger partial charge in [-0.3, -0.25) is 14.9 Å². The molecular weight excluding hydrogens is 426 g/mol. The number of benzene rings is 2. The zero-order chi connectivity index (χ0) is 21.9. The zero-order valence-corrected chi connectivity index (χ0v) is 17.3. The Balaban J connectivity index is 1.44. The molecule has 0 aliphatic heterocycles. The van der Waals surface area contributed by atoms with Crippen molar-refractivity contribution in [2.45, 2.75) is 0 Å². The molecule has 3 N–H and O–H groups in total. The number of fused-ring (bicyclic) bond motifs is 1. The third kappa shape index (κ3) is 3.99. The van der Waals surface area contributed by atoms with Crippen molar-refractivity contribution in [3.8, 4) is 11.3 Å². The number of H-pyrrole nitrogens is 1. The molecule has 0 atom stereocenters. The molecule has 0 bridgehead atoms. The molecule has 0 aliphatic carbocycles. The highest BCUT2D eigenvalue weighted by Gasteiger charge is 2.15. The lowest BCUT2D eigenvalue weighted by atomic mass is 10.1. The molecule has 0 radical (unpaired) electrons. The lowest BCUT2D eigenvalue weighted by Crippen LogP contribution is -2.11. The van der Waals surface area contributed by atoms with E-state index in [9.17, 15) is 4.79 Å². The van der Waals surface area contributed by atoms with Crippen molar-refractivity contribution < 1.29 is 4.79 Å². The average molecular weight is 442 g/mol. The molecule has 3 heterocycles. The number of aromatic nitrogens is 5. The average Bonchev–Trinajstić information content (AvgIpc) is 3.25. The highest BCUT2D eigenvalue weighted by Crippen LogP contribution is 2.32. The van der Waals surface area contributed by atoms with E-state index in [1.807, 2.05) is 42.5 Å². The summed E-state index contributed by atoms with van der Waals surface area (Å²) in [7, 11) is 0. The molecule has 0 spiro atoms. The molecule has 3 aromatic heterocycles. The summed E-state index contributed by atoms with van der Waals surface area (Å²) in [6, 6.07) is 18.2. The summed E-state index contributed by atoms with van der Waals surface area (Å²) < 4.78 is 0. The summed E-state index contributed by atoms with van der Waals surface area (Å²) in [6.45, 7) is 0. The van der Waals surface area contributed by atoms with Gasteiger partial charge in [-0.15, -0.1) is 0 Å². The molecule has 1 amide bonds. The van der Waals surface area contributed by atoms with Gasteiger partial charge < -0.3 is 10.6 Å². The van der Waals surface area contributed by atoms with Gasteiger partial charge in [-0.05, 0) is 42.5 Å². The van der Waals surface area contributed by atoms with E-state index in [0.29, 0.717) is 27.7 Å². The van der Waals surface area contributed by atoms with E-state index in [0.717, 1.165) is 22.3 Å². The summed E-state index contributed by atoms with van der Waals surface area (Å²) in [5.41, 5.74) is 4.19. The molecule has 5 aromatic rings. The number of nitrogens with zero attached hydrogens (tertiary/aromatic N) is 4. The Hall–Kier alpha value is -4.30. The van der Waals surface area contributed by atoms with Crippen molar-refractivity contribution in [3.63, 3.8) is 0 Å². The molecular formula is C23H16ClN7O. The number of hydrogen-bond donors (Lipinski definition) is 3. The van der Waals surface area contributed by atoms with E-state index in [1.54, 1.807) is 30.6 Å². The number of hydrogen-bond acceptors (Lipinski definition) is 6.